The smallest absolute Gasteiger partial charge is 0.124 e. The molecule has 0 saturated heterocycles. The third kappa shape index (κ3) is 3.62. The molecule has 1 atom stereocenters. The van der Waals surface area contributed by atoms with Crippen molar-refractivity contribution in [1.29, 1.82) is 0 Å². The Labute approximate surface area is 159 Å². The van der Waals surface area contributed by atoms with Crippen molar-refractivity contribution >= 4 is 18.5 Å². The van der Waals surface area contributed by atoms with Crippen molar-refractivity contribution in [3.05, 3.63) is 59.4 Å². The predicted octanol–water partition coefficient (Wildman–Crippen LogP) is 4.94. The molecule has 3 heteroatoms. The molecule has 2 radical (unpaired) electrons. The predicted molar refractivity (Wildman–Crippen MR) is 113 cm³/mol. The molecule has 0 aromatic heterocycles. The zero-order chi connectivity index (χ0) is 18.8. The summed E-state index contributed by atoms with van der Waals surface area (Å²) < 4.78 is 11.2. The maximum absolute atomic E-state index is 5.59. The monoisotopic (exact) mass is 368 g/mol. The van der Waals surface area contributed by atoms with Crippen LogP contribution in [-0.4, -0.2) is 19.9 Å². The SMILES string of the molecule is COc1c(C)cc(P(c2cc(C)c(OC)c(C)c2)C2[CH][CH]CC2)cc1C. The number of aryl methyl sites for hydroxylation is 4. The van der Waals surface area contributed by atoms with Crippen molar-refractivity contribution < 1.29 is 9.47 Å². The number of hydrogen-bond acceptors (Lipinski definition) is 2. The van der Waals surface area contributed by atoms with Crippen molar-refractivity contribution in [1.82, 2.24) is 0 Å². The number of rotatable bonds is 5. The van der Waals surface area contributed by atoms with Crippen LogP contribution in [0.2, 0.25) is 0 Å². The zero-order valence-electron chi connectivity index (χ0n) is 16.7. The highest BCUT2D eigenvalue weighted by molar-refractivity contribution is 7.73. The zero-order valence-corrected chi connectivity index (χ0v) is 17.6. The van der Waals surface area contributed by atoms with Crippen LogP contribution in [0.25, 0.3) is 0 Å². The highest BCUT2D eigenvalue weighted by Crippen LogP contribution is 2.48. The lowest BCUT2D eigenvalue weighted by Gasteiger charge is -2.27. The lowest BCUT2D eigenvalue weighted by Crippen LogP contribution is -2.22. The largest absolute Gasteiger partial charge is 0.496 e. The Balaban J connectivity index is 2.13. The van der Waals surface area contributed by atoms with Crippen LogP contribution < -0.4 is 20.1 Å². The lowest BCUT2D eigenvalue weighted by atomic mass is 10.1. The van der Waals surface area contributed by atoms with Crippen molar-refractivity contribution in [2.24, 2.45) is 0 Å². The van der Waals surface area contributed by atoms with Gasteiger partial charge in [-0.2, -0.15) is 0 Å². The summed E-state index contributed by atoms with van der Waals surface area (Å²) in [6.45, 7) is 8.60. The topological polar surface area (TPSA) is 18.5 Å². The summed E-state index contributed by atoms with van der Waals surface area (Å²) in [5.74, 6) is 2.01. The maximum Gasteiger partial charge on any atom is 0.124 e. The van der Waals surface area contributed by atoms with Crippen LogP contribution in [-0.2, 0) is 0 Å². The van der Waals surface area contributed by atoms with Crippen LogP contribution >= 0.6 is 7.92 Å². The van der Waals surface area contributed by atoms with Crippen LogP contribution in [0, 0.1) is 40.5 Å². The van der Waals surface area contributed by atoms with E-state index in [4.69, 9.17) is 9.47 Å². The highest BCUT2D eigenvalue weighted by atomic mass is 31.1. The average molecular weight is 368 g/mol. The van der Waals surface area contributed by atoms with Gasteiger partial charge in [-0.25, -0.2) is 0 Å². The van der Waals surface area contributed by atoms with Gasteiger partial charge in [-0.15, -0.1) is 0 Å². The van der Waals surface area contributed by atoms with Gasteiger partial charge >= 0.3 is 0 Å². The number of hydrogen-bond donors (Lipinski definition) is 0. The molecule has 0 bridgehead atoms. The minimum Gasteiger partial charge on any atom is -0.496 e. The van der Waals surface area contributed by atoms with Gasteiger partial charge in [0.05, 0.1) is 14.2 Å². The first-order chi connectivity index (χ1) is 12.5. The Morgan fingerprint density at radius 1 is 0.769 bits per heavy atom. The van der Waals surface area contributed by atoms with Gasteiger partial charge in [0.25, 0.3) is 0 Å². The van der Waals surface area contributed by atoms with E-state index < -0.39 is 7.92 Å². The molecule has 2 aromatic carbocycles. The Hall–Kier alpha value is -1.53. The molecule has 1 saturated carbocycles. The third-order valence-corrected chi connectivity index (χ3v) is 7.90. The molecule has 1 fully saturated rings. The summed E-state index contributed by atoms with van der Waals surface area (Å²) in [7, 11) is 3.07. The first-order valence-corrected chi connectivity index (χ1v) is 10.6. The highest BCUT2D eigenvalue weighted by Gasteiger charge is 2.29. The van der Waals surface area contributed by atoms with E-state index in [0.29, 0.717) is 5.66 Å². The van der Waals surface area contributed by atoms with Crippen LogP contribution in [0.5, 0.6) is 11.5 Å². The number of methoxy groups -OCH3 is 2. The molecule has 3 rings (SSSR count). The van der Waals surface area contributed by atoms with E-state index in [0.717, 1.165) is 11.5 Å². The molecule has 0 aliphatic heterocycles. The standard InChI is InChI=1S/C23H29O2P/c1-15-11-20(12-16(2)22(15)24-5)26(19-9-7-8-10-19)21-13-17(3)23(25-6)18(4)14-21/h7,9,11-14,19H,8,10H2,1-6H3. The van der Waals surface area contributed by atoms with Crippen LogP contribution in [0.15, 0.2) is 24.3 Å². The van der Waals surface area contributed by atoms with Crippen molar-refractivity contribution in [2.75, 3.05) is 14.2 Å². The van der Waals surface area contributed by atoms with E-state index in [9.17, 15) is 0 Å². The second kappa shape index (κ2) is 8.01. The van der Waals surface area contributed by atoms with E-state index in [2.05, 4.69) is 64.8 Å². The van der Waals surface area contributed by atoms with Gasteiger partial charge in [0.1, 0.15) is 11.5 Å². The Bertz CT molecular complexity index is 685. The fourth-order valence-electron chi connectivity index (χ4n) is 4.14. The molecule has 1 aliphatic rings. The van der Waals surface area contributed by atoms with Gasteiger partial charge < -0.3 is 9.47 Å². The van der Waals surface area contributed by atoms with Gasteiger partial charge in [-0.05, 0) is 124 Å². The fraction of sp³-hybridized carbons (Fsp3) is 0.391. The minimum atomic E-state index is -0.450. The van der Waals surface area contributed by atoms with Crippen LogP contribution in [0.3, 0.4) is 0 Å². The van der Waals surface area contributed by atoms with Gasteiger partial charge in [0, 0.05) is 0 Å². The summed E-state index contributed by atoms with van der Waals surface area (Å²) in [5.41, 5.74) is 5.49. The quantitative estimate of drug-likeness (QED) is 0.696. The van der Waals surface area contributed by atoms with Crippen LogP contribution in [0.4, 0.5) is 0 Å². The second-order valence-corrected chi connectivity index (χ2v) is 9.60. The van der Waals surface area contributed by atoms with Gasteiger partial charge in [-0.1, -0.05) is 0 Å². The number of ether oxygens (including phenoxy) is 2. The first kappa shape index (κ1) is 19.2. The molecule has 1 aliphatic carbocycles. The van der Waals surface area contributed by atoms with Gasteiger partial charge in [-0.3, -0.25) is 0 Å². The lowest BCUT2D eigenvalue weighted by molar-refractivity contribution is 0.408. The second-order valence-electron chi connectivity index (χ2n) is 7.17. The molecule has 0 heterocycles. The summed E-state index contributed by atoms with van der Waals surface area (Å²) in [4.78, 5) is 0. The van der Waals surface area contributed by atoms with Crippen LogP contribution in [0.1, 0.15) is 35.1 Å². The molecular weight excluding hydrogens is 339 g/mol. The summed E-state index contributed by atoms with van der Waals surface area (Å²) in [6.07, 6.45) is 7.19. The third-order valence-electron chi connectivity index (χ3n) is 5.17. The summed E-state index contributed by atoms with van der Waals surface area (Å²) in [6, 6.07) is 9.33. The van der Waals surface area contributed by atoms with Crippen molar-refractivity contribution in [3.63, 3.8) is 0 Å². The van der Waals surface area contributed by atoms with Gasteiger partial charge in [0.15, 0.2) is 0 Å². The molecule has 26 heavy (non-hydrogen) atoms. The molecule has 138 valence electrons. The van der Waals surface area contributed by atoms with E-state index in [1.165, 1.54) is 45.7 Å². The van der Waals surface area contributed by atoms with Crippen molar-refractivity contribution in [3.8, 4) is 11.5 Å². The minimum absolute atomic E-state index is 0.450. The molecule has 2 aromatic rings. The Kier molecular flexibility index (Phi) is 5.92. The maximum atomic E-state index is 5.59. The van der Waals surface area contributed by atoms with E-state index >= 15 is 0 Å². The Morgan fingerprint density at radius 3 is 1.50 bits per heavy atom. The summed E-state index contributed by atoms with van der Waals surface area (Å²) >= 11 is 0. The van der Waals surface area contributed by atoms with E-state index in [1.54, 1.807) is 14.2 Å². The molecule has 2 nitrogen and oxygen atoms in total. The first-order valence-electron chi connectivity index (χ1n) is 9.22. The molecule has 1 unspecified atom stereocenters. The molecule has 0 N–H and O–H groups in total. The average Bonchev–Trinajstić information content (AvgIpc) is 3.09. The van der Waals surface area contributed by atoms with Gasteiger partial charge in [0.2, 0.25) is 0 Å². The Morgan fingerprint density at radius 2 is 1.19 bits per heavy atom. The van der Waals surface area contributed by atoms with Crippen molar-refractivity contribution in [2.45, 2.75) is 46.2 Å². The number of benzene rings is 2. The molecule has 0 spiro atoms. The molecule has 0 amide bonds. The van der Waals surface area contributed by atoms with E-state index in [1.807, 2.05) is 0 Å². The summed E-state index contributed by atoms with van der Waals surface area (Å²) in [5, 5.41) is 2.88. The normalized spacial score (nSPS) is 14.9. The molecular formula is C23H29O2P. The van der Waals surface area contributed by atoms with E-state index in [-0.39, 0.29) is 0 Å². The fourth-order valence-corrected chi connectivity index (χ4v) is 7.24.